The number of methoxy groups -OCH3 is 1. The zero-order valence-electron chi connectivity index (χ0n) is 10.7. The Morgan fingerprint density at radius 1 is 1.30 bits per heavy atom. The number of nitrogens with one attached hydrogen (secondary N) is 2. The SMILES string of the molecule is COC(=O)[C@H](Cc1cnc[nH]1)NC(=O)c1cncnc1. The van der Waals surface area contributed by atoms with Gasteiger partial charge in [-0.15, -0.1) is 0 Å². The molecule has 0 saturated heterocycles. The number of ether oxygens (including phenoxy) is 1. The number of esters is 1. The monoisotopic (exact) mass is 275 g/mol. The fourth-order valence-corrected chi connectivity index (χ4v) is 1.61. The van der Waals surface area contributed by atoms with Crippen LogP contribution < -0.4 is 5.32 Å². The van der Waals surface area contributed by atoms with Crippen LogP contribution in [0.15, 0.2) is 31.2 Å². The van der Waals surface area contributed by atoms with Gasteiger partial charge in [-0.1, -0.05) is 0 Å². The summed E-state index contributed by atoms with van der Waals surface area (Å²) < 4.78 is 4.68. The van der Waals surface area contributed by atoms with E-state index in [1.54, 1.807) is 6.20 Å². The molecule has 20 heavy (non-hydrogen) atoms. The zero-order valence-corrected chi connectivity index (χ0v) is 10.7. The van der Waals surface area contributed by atoms with E-state index in [2.05, 4.69) is 30.0 Å². The van der Waals surface area contributed by atoms with Crippen LogP contribution in [0.1, 0.15) is 16.1 Å². The van der Waals surface area contributed by atoms with Gasteiger partial charge < -0.3 is 15.0 Å². The first-order valence-corrected chi connectivity index (χ1v) is 5.81. The first-order valence-electron chi connectivity index (χ1n) is 5.81. The molecular formula is C12H13N5O3. The van der Waals surface area contributed by atoms with Crippen molar-refractivity contribution in [3.8, 4) is 0 Å². The van der Waals surface area contributed by atoms with Crippen LogP contribution in [0.2, 0.25) is 0 Å². The van der Waals surface area contributed by atoms with Gasteiger partial charge in [-0.3, -0.25) is 4.79 Å². The Morgan fingerprint density at radius 2 is 2.05 bits per heavy atom. The van der Waals surface area contributed by atoms with E-state index in [-0.39, 0.29) is 12.0 Å². The fraction of sp³-hybridized carbons (Fsp3) is 0.250. The summed E-state index contributed by atoms with van der Waals surface area (Å²) in [5.41, 5.74) is 0.982. The minimum atomic E-state index is -0.812. The summed E-state index contributed by atoms with van der Waals surface area (Å²) in [6.45, 7) is 0. The molecule has 8 nitrogen and oxygen atoms in total. The number of rotatable bonds is 5. The van der Waals surface area contributed by atoms with Crippen LogP contribution in [0.5, 0.6) is 0 Å². The van der Waals surface area contributed by atoms with Crippen molar-refractivity contribution in [3.05, 3.63) is 42.5 Å². The molecule has 1 amide bonds. The van der Waals surface area contributed by atoms with Gasteiger partial charge in [0.25, 0.3) is 5.91 Å². The molecule has 0 radical (unpaired) electrons. The fourth-order valence-electron chi connectivity index (χ4n) is 1.61. The average Bonchev–Trinajstić information content (AvgIpc) is 2.99. The standard InChI is InChI=1S/C12H13N5O3/c1-20-12(19)10(2-9-5-15-7-16-9)17-11(18)8-3-13-6-14-4-8/h3-7,10H,2H2,1H3,(H,15,16)(H,17,18)/t10-/m0/s1. The molecule has 2 aromatic heterocycles. The molecule has 0 aromatic carbocycles. The maximum Gasteiger partial charge on any atom is 0.328 e. The molecule has 104 valence electrons. The highest BCUT2D eigenvalue weighted by molar-refractivity contribution is 5.96. The van der Waals surface area contributed by atoms with Crippen LogP contribution in [0.4, 0.5) is 0 Å². The first kappa shape index (κ1) is 13.7. The van der Waals surface area contributed by atoms with E-state index in [1.807, 2.05) is 0 Å². The second kappa shape index (κ2) is 6.41. The van der Waals surface area contributed by atoms with E-state index in [0.29, 0.717) is 5.69 Å². The molecule has 0 fully saturated rings. The highest BCUT2D eigenvalue weighted by Gasteiger charge is 2.23. The van der Waals surface area contributed by atoms with Crippen LogP contribution in [-0.2, 0) is 16.0 Å². The predicted molar refractivity (Wildman–Crippen MR) is 67.6 cm³/mol. The summed E-state index contributed by atoms with van der Waals surface area (Å²) in [4.78, 5) is 37.9. The van der Waals surface area contributed by atoms with E-state index in [9.17, 15) is 9.59 Å². The van der Waals surface area contributed by atoms with Crippen LogP contribution in [-0.4, -0.2) is 45.0 Å². The molecular weight excluding hydrogens is 262 g/mol. The number of nitrogens with zero attached hydrogens (tertiary/aromatic N) is 3. The summed E-state index contributed by atoms with van der Waals surface area (Å²) in [5, 5.41) is 2.58. The maximum atomic E-state index is 12.0. The van der Waals surface area contributed by atoms with Crippen molar-refractivity contribution in [3.63, 3.8) is 0 Å². The lowest BCUT2D eigenvalue weighted by Crippen LogP contribution is -2.43. The van der Waals surface area contributed by atoms with Gasteiger partial charge in [-0.2, -0.15) is 0 Å². The van der Waals surface area contributed by atoms with Crippen molar-refractivity contribution < 1.29 is 14.3 Å². The Kier molecular flexibility index (Phi) is 4.38. The number of amides is 1. The van der Waals surface area contributed by atoms with Crippen LogP contribution >= 0.6 is 0 Å². The normalized spacial score (nSPS) is 11.7. The lowest BCUT2D eigenvalue weighted by atomic mass is 10.1. The van der Waals surface area contributed by atoms with Crippen molar-refractivity contribution >= 4 is 11.9 Å². The minimum absolute atomic E-state index is 0.256. The number of carbonyl (C=O) groups is 2. The quantitative estimate of drug-likeness (QED) is 0.726. The highest BCUT2D eigenvalue weighted by Crippen LogP contribution is 2.02. The third-order valence-electron chi connectivity index (χ3n) is 2.59. The first-order chi connectivity index (χ1) is 9.70. The Labute approximate surface area is 114 Å². The molecule has 2 aromatic rings. The Bertz CT molecular complexity index is 570. The summed E-state index contributed by atoms with van der Waals surface area (Å²) in [6.07, 6.45) is 7.38. The molecule has 0 aliphatic rings. The third kappa shape index (κ3) is 3.37. The number of imidazole rings is 1. The van der Waals surface area contributed by atoms with Crippen LogP contribution in [0.25, 0.3) is 0 Å². The van der Waals surface area contributed by atoms with E-state index >= 15 is 0 Å². The molecule has 0 spiro atoms. The van der Waals surface area contributed by atoms with Crippen molar-refractivity contribution in [2.24, 2.45) is 0 Å². The van der Waals surface area contributed by atoms with Gasteiger partial charge >= 0.3 is 5.97 Å². The summed E-state index contributed by atoms with van der Waals surface area (Å²) in [6, 6.07) is -0.812. The molecule has 0 saturated carbocycles. The topological polar surface area (TPSA) is 110 Å². The number of H-pyrrole nitrogens is 1. The lowest BCUT2D eigenvalue weighted by molar-refractivity contribution is -0.142. The average molecular weight is 275 g/mol. The molecule has 0 bridgehead atoms. The molecule has 1 atom stereocenters. The third-order valence-corrected chi connectivity index (χ3v) is 2.59. The molecule has 8 heteroatoms. The lowest BCUT2D eigenvalue weighted by Gasteiger charge is -2.15. The van der Waals surface area contributed by atoms with Crippen molar-refractivity contribution in [2.75, 3.05) is 7.11 Å². The Morgan fingerprint density at radius 3 is 2.65 bits per heavy atom. The van der Waals surface area contributed by atoms with Gasteiger partial charge in [0.1, 0.15) is 12.4 Å². The zero-order chi connectivity index (χ0) is 14.4. The summed E-state index contributed by atoms with van der Waals surface area (Å²) in [5.74, 6) is -0.981. The number of carbonyl (C=O) groups excluding carboxylic acids is 2. The van der Waals surface area contributed by atoms with Gasteiger partial charge in [0, 0.05) is 30.7 Å². The second-order valence-corrected chi connectivity index (χ2v) is 3.96. The van der Waals surface area contributed by atoms with Gasteiger partial charge in [0.15, 0.2) is 0 Å². The van der Waals surface area contributed by atoms with Crippen molar-refractivity contribution in [2.45, 2.75) is 12.5 Å². The maximum absolute atomic E-state index is 12.0. The Hall–Kier alpha value is -2.77. The van der Waals surface area contributed by atoms with E-state index in [4.69, 9.17) is 0 Å². The van der Waals surface area contributed by atoms with Gasteiger partial charge in [0.05, 0.1) is 19.0 Å². The smallest absolute Gasteiger partial charge is 0.328 e. The van der Waals surface area contributed by atoms with Gasteiger partial charge in [0.2, 0.25) is 0 Å². The highest BCUT2D eigenvalue weighted by atomic mass is 16.5. The molecule has 2 N–H and O–H groups in total. The van der Waals surface area contributed by atoms with Gasteiger partial charge in [-0.25, -0.2) is 19.7 Å². The van der Waals surface area contributed by atoms with E-state index < -0.39 is 17.9 Å². The van der Waals surface area contributed by atoms with E-state index in [1.165, 1.54) is 32.2 Å². The number of hydrogen-bond acceptors (Lipinski definition) is 6. The van der Waals surface area contributed by atoms with Crippen molar-refractivity contribution in [1.82, 2.24) is 25.3 Å². The van der Waals surface area contributed by atoms with Crippen LogP contribution in [0, 0.1) is 0 Å². The predicted octanol–water partition coefficient (Wildman–Crippen LogP) is -0.286. The summed E-state index contributed by atoms with van der Waals surface area (Å²) in [7, 11) is 1.26. The summed E-state index contributed by atoms with van der Waals surface area (Å²) >= 11 is 0. The Balaban J connectivity index is 2.08. The number of hydrogen-bond donors (Lipinski definition) is 2. The molecule has 0 aliphatic heterocycles. The number of aromatic amines is 1. The van der Waals surface area contributed by atoms with Crippen LogP contribution in [0.3, 0.4) is 0 Å². The van der Waals surface area contributed by atoms with E-state index in [0.717, 1.165) is 0 Å². The molecule has 2 heterocycles. The number of aromatic nitrogens is 4. The van der Waals surface area contributed by atoms with Gasteiger partial charge in [-0.05, 0) is 0 Å². The molecule has 0 unspecified atom stereocenters. The largest absolute Gasteiger partial charge is 0.467 e. The van der Waals surface area contributed by atoms with Crippen molar-refractivity contribution in [1.29, 1.82) is 0 Å². The molecule has 2 rings (SSSR count). The molecule has 0 aliphatic carbocycles. The minimum Gasteiger partial charge on any atom is -0.467 e. The second-order valence-electron chi connectivity index (χ2n) is 3.96.